The number of piperazine rings is 2. The lowest BCUT2D eigenvalue weighted by molar-refractivity contribution is -0.153. The first-order chi connectivity index (χ1) is 46.2. The van der Waals surface area contributed by atoms with Gasteiger partial charge in [-0.1, -0.05) is 17.9 Å². The number of phenols is 2. The topological polar surface area (TPSA) is 156 Å². The molecule has 16 nitrogen and oxygen atoms in total. The van der Waals surface area contributed by atoms with Crippen molar-refractivity contribution < 1.29 is 63.6 Å². The van der Waals surface area contributed by atoms with Gasteiger partial charge in [0.2, 0.25) is 0 Å². The van der Waals surface area contributed by atoms with Crippen molar-refractivity contribution in [3.63, 3.8) is 0 Å². The molecular weight excluding hydrogens is 1260 g/mol. The molecule has 8 saturated heterocycles. The largest absolute Gasteiger partial charge is 0.508 e. The summed E-state index contributed by atoms with van der Waals surface area (Å²) in [5.74, 6) is 0.853. The van der Waals surface area contributed by atoms with E-state index in [2.05, 4.69) is 41.6 Å². The zero-order chi connectivity index (χ0) is 66.4. The molecular formula is C70H64F10N12O4. The number of pyridine rings is 2. The number of ether oxygens (including phenoxy) is 2. The first-order valence-corrected chi connectivity index (χ1v) is 32.5. The predicted octanol–water partition coefficient (Wildman–Crippen LogP) is 11.4. The molecule has 0 amide bonds. The third-order valence-electron chi connectivity index (χ3n) is 21.8. The van der Waals surface area contributed by atoms with E-state index in [0.29, 0.717) is 44.7 Å². The fourth-order valence-electron chi connectivity index (χ4n) is 17.8. The van der Waals surface area contributed by atoms with Gasteiger partial charge >= 0.3 is 18.2 Å². The van der Waals surface area contributed by atoms with Gasteiger partial charge < -0.3 is 29.5 Å². The van der Waals surface area contributed by atoms with Crippen molar-refractivity contribution in [2.24, 2.45) is 0 Å². The third kappa shape index (κ3) is 10.3. The number of aromatic nitrogens is 6. The maximum Gasteiger partial charge on any atom is 0.401 e. The molecule has 96 heavy (non-hydrogen) atoms. The Hall–Kier alpha value is -8.56. The van der Waals surface area contributed by atoms with E-state index in [0.717, 1.165) is 25.3 Å². The van der Waals surface area contributed by atoms with Crippen LogP contribution in [0.15, 0.2) is 54.9 Å². The van der Waals surface area contributed by atoms with Crippen molar-refractivity contribution in [3.05, 3.63) is 94.8 Å². The van der Waals surface area contributed by atoms with Gasteiger partial charge in [-0.05, 0) is 111 Å². The molecule has 16 rings (SSSR count). The lowest BCUT2D eigenvalue weighted by Crippen LogP contribution is -2.56. The van der Waals surface area contributed by atoms with Crippen molar-refractivity contribution in [1.29, 1.82) is 0 Å². The summed E-state index contributed by atoms with van der Waals surface area (Å²) in [6.07, 6.45) is 12.4. The van der Waals surface area contributed by atoms with Gasteiger partial charge in [-0.25, -0.2) is 30.7 Å². The minimum absolute atomic E-state index is 0.00485. The molecule has 4 aromatic heterocycles. The molecule has 8 aliphatic heterocycles. The summed E-state index contributed by atoms with van der Waals surface area (Å²) in [6, 6.07) is 6.42. The van der Waals surface area contributed by atoms with E-state index in [9.17, 15) is 32.2 Å². The number of benzene rings is 4. The van der Waals surface area contributed by atoms with Crippen LogP contribution in [0.1, 0.15) is 86.9 Å². The van der Waals surface area contributed by atoms with Gasteiger partial charge in [0.15, 0.2) is 11.6 Å². The number of alkyl halides is 6. The number of fused-ring (bicyclic) bond motifs is 10. The molecule has 4 bridgehead atoms. The van der Waals surface area contributed by atoms with Crippen LogP contribution in [0.4, 0.5) is 55.5 Å². The van der Waals surface area contributed by atoms with E-state index in [4.69, 9.17) is 32.3 Å². The van der Waals surface area contributed by atoms with Crippen LogP contribution in [0.5, 0.6) is 23.5 Å². The normalized spacial score (nSPS) is 26.8. The fraction of sp³-hybridized carbons (Fsp3) is 0.457. The zero-order valence-corrected chi connectivity index (χ0v) is 51.8. The number of nitrogens with zero attached hydrogens (tertiary/aromatic N) is 12. The molecule has 8 fully saturated rings. The Morgan fingerprint density at radius 2 is 1.17 bits per heavy atom. The summed E-state index contributed by atoms with van der Waals surface area (Å²) in [5, 5.41) is 23.5. The van der Waals surface area contributed by atoms with E-state index >= 15 is 22.0 Å². The molecule has 26 heteroatoms. The van der Waals surface area contributed by atoms with Crippen LogP contribution in [-0.4, -0.2) is 192 Å². The molecule has 8 aliphatic rings. The van der Waals surface area contributed by atoms with E-state index in [-0.39, 0.29) is 196 Å². The maximum absolute atomic E-state index is 18.1. The molecule has 9 atom stereocenters. The van der Waals surface area contributed by atoms with Crippen molar-refractivity contribution in [2.75, 3.05) is 88.6 Å². The third-order valence-corrected chi connectivity index (χ3v) is 21.8. The van der Waals surface area contributed by atoms with Crippen LogP contribution in [0.25, 0.3) is 65.9 Å². The number of terminal acetylenes is 2. The van der Waals surface area contributed by atoms with Gasteiger partial charge in [0.05, 0.1) is 39.5 Å². The van der Waals surface area contributed by atoms with Crippen LogP contribution in [0.3, 0.4) is 0 Å². The number of phenolic OH excluding ortho intramolecular Hbond substituents is 2. The number of anilines is 2. The lowest BCUT2D eigenvalue weighted by atomic mass is 9.89. The quantitative estimate of drug-likeness (QED) is 0.0783. The van der Waals surface area contributed by atoms with E-state index in [1.807, 2.05) is 9.80 Å². The lowest BCUT2D eigenvalue weighted by Gasteiger charge is -2.42. The number of hydrogen-bond acceptors (Lipinski definition) is 16. The Morgan fingerprint density at radius 3 is 1.76 bits per heavy atom. The van der Waals surface area contributed by atoms with Crippen LogP contribution in [0, 0.1) is 48.0 Å². The summed E-state index contributed by atoms with van der Waals surface area (Å²) < 4.78 is 168. The molecule has 0 saturated carbocycles. The molecule has 8 aromatic rings. The number of hydrogen-bond donors (Lipinski definition) is 2. The van der Waals surface area contributed by atoms with Crippen molar-refractivity contribution in [2.45, 2.75) is 124 Å². The summed E-state index contributed by atoms with van der Waals surface area (Å²) in [6.45, 7) is 0.195. The molecule has 0 spiro atoms. The highest BCUT2D eigenvalue weighted by molar-refractivity contribution is 6.05. The SMILES string of the molecule is C#Cc1c(F)ccc2cc(O)cc(-c3ncc4c(N5CC6CCC(C5)N6CC(F)(F)F)nc(OC[C@@]56CCC(c7cc(F)c(C#C)c8c(-c9ncc%10c(N%11CC%12CCC(C%11)N%12CCF)nc(OC[C@@]%11%12CCCN%11C[C@H](F)C%12)nc%10c9F)cc(O)cc78)N5C[C@H](F)C6)nc4c3F)c12. The Bertz CT molecular complexity index is 4590. The summed E-state index contributed by atoms with van der Waals surface area (Å²) in [7, 11) is 0. The van der Waals surface area contributed by atoms with E-state index in [1.165, 1.54) is 53.7 Å². The van der Waals surface area contributed by atoms with Gasteiger partial charge in [-0.3, -0.25) is 29.6 Å². The highest BCUT2D eigenvalue weighted by atomic mass is 19.4. The average molecular weight is 1330 g/mol. The molecule has 0 radical (unpaired) electrons. The van der Waals surface area contributed by atoms with Crippen LogP contribution in [0.2, 0.25) is 0 Å². The van der Waals surface area contributed by atoms with Gasteiger partial charge in [0.25, 0.3) is 0 Å². The zero-order valence-electron chi connectivity index (χ0n) is 51.8. The second-order valence-electron chi connectivity index (χ2n) is 27.2. The Kier molecular flexibility index (Phi) is 15.1. The number of halogens is 10. The Balaban J connectivity index is 0.764. The molecule has 2 N–H and O–H groups in total. The van der Waals surface area contributed by atoms with E-state index < -0.39 is 84.2 Å². The minimum atomic E-state index is -4.47. The first kappa shape index (κ1) is 62.3. The standard InChI is InChI=1S/C70H64F10N12O4/c1-3-45-53(74)11-6-36-18-43(93)20-49(56(36)45)60-58(76)62-51(25-81-60)65(88-31-41-9-10-42(32-88)91(41)33-70(78,79)80)86-67(84-62)96-35-69-14-12-55(92(69)28-38(73)24-69)47-22-54(75)46(4-2)57-48(47)19-44(94)21-50(57)61-59(77)63-52(26-82-61)64(87-29-39-7-8-40(30-87)90(39)17-15-71)85-66(83-63)95-34-68-13-5-16-89(68)27-37(72)23-68/h1-2,6,11,18-22,25-26,37-42,55,93-94H,5,7-10,12-17,23-24,27-35H2/t37-,38-,39?,40?,41?,42?,55?,68+,69+/m1/s1. The van der Waals surface area contributed by atoms with Crippen LogP contribution >= 0.6 is 0 Å². The highest BCUT2D eigenvalue weighted by Crippen LogP contribution is 2.53. The number of aromatic hydroxyl groups is 2. The van der Waals surface area contributed by atoms with E-state index in [1.54, 1.807) is 4.90 Å². The Labute approximate surface area is 544 Å². The highest BCUT2D eigenvalue weighted by Gasteiger charge is 2.55. The second kappa shape index (κ2) is 23.3. The molecule has 12 heterocycles. The molecule has 498 valence electrons. The summed E-state index contributed by atoms with van der Waals surface area (Å²) in [5.41, 5.74) is -3.39. The van der Waals surface area contributed by atoms with Crippen molar-refractivity contribution in [1.82, 2.24) is 49.5 Å². The van der Waals surface area contributed by atoms with Gasteiger partial charge in [0, 0.05) is 123 Å². The molecule has 4 aromatic carbocycles. The van der Waals surface area contributed by atoms with Crippen LogP contribution < -0.4 is 19.3 Å². The van der Waals surface area contributed by atoms with Crippen LogP contribution in [-0.2, 0) is 0 Å². The first-order valence-electron chi connectivity index (χ1n) is 32.5. The number of rotatable bonds is 14. The monoisotopic (exact) mass is 1330 g/mol. The van der Waals surface area contributed by atoms with Gasteiger partial charge in [-0.15, -0.1) is 12.8 Å². The fourth-order valence-corrected chi connectivity index (χ4v) is 17.8. The van der Waals surface area contributed by atoms with Gasteiger partial charge in [-0.2, -0.15) is 33.1 Å². The molecule has 5 unspecified atom stereocenters. The average Bonchev–Trinajstić information content (AvgIpc) is 1.42. The molecule has 0 aliphatic carbocycles. The second-order valence-corrected chi connectivity index (χ2v) is 27.2. The van der Waals surface area contributed by atoms with Crippen molar-refractivity contribution in [3.8, 4) is 70.7 Å². The van der Waals surface area contributed by atoms with Gasteiger partial charge in [0.1, 0.15) is 89.4 Å². The maximum atomic E-state index is 18.1. The smallest absolute Gasteiger partial charge is 0.401 e. The summed E-state index contributed by atoms with van der Waals surface area (Å²) in [4.78, 5) is 39.4. The Morgan fingerprint density at radius 1 is 0.615 bits per heavy atom. The summed E-state index contributed by atoms with van der Waals surface area (Å²) >= 11 is 0. The van der Waals surface area contributed by atoms with Crippen molar-refractivity contribution >= 4 is 55.0 Å². The predicted molar refractivity (Wildman–Crippen MR) is 338 cm³/mol. The minimum Gasteiger partial charge on any atom is -0.508 e.